The molecule has 0 radical (unpaired) electrons. The fraction of sp³-hybridized carbons (Fsp3) is 0.538. The Bertz CT molecular complexity index is 355. The van der Waals surface area contributed by atoms with Gasteiger partial charge in [-0.05, 0) is 54.6 Å². The van der Waals surface area contributed by atoms with Crippen molar-refractivity contribution >= 4 is 15.9 Å². The van der Waals surface area contributed by atoms with E-state index in [1.165, 1.54) is 6.07 Å². The van der Waals surface area contributed by atoms with Crippen LogP contribution >= 0.6 is 15.9 Å². The predicted molar refractivity (Wildman–Crippen MR) is 73.8 cm³/mol. The molecule has 1 atom stereocenters. The van der Waals surface area contributed by atoms with Gasteiger partial charge in [-0.25, -0.2) is 4.39 Å². The first-order valence-corrected chi connectivity index (χ1v) is 6.65. The van der Waals surface area contributed by atoms with Crippen molar-refractivity contribution < 1.29 is 4.39 Å². The van der Waals surface area contributed by atoms with E-state index >= 15 is 0 Å². The van der Waals surface area contributed by atoms with Crippen LogP contribution in [0.15, 0.2) is 22.7 Å². The van der Waals surface area contributed by atoms with E-state index in [4.69, 9.17) is 0 Å². The van der Waals surface area contributed by atoms with Crippen molar-refractivity contribution in [3.8, 4) is 0 Å². The Morgan fingerprint density at radius 2 is 2.12 bits per heavy atom. The number of nitrogens with one attached hydrogen (secondary N) is 1. The maximum atomic E-state index is 13.4. The van der Waals surface area contributed by atoms with Crippen molar-refractivity contribution in [1.29, 1.82) is 0 Å². The van der Waals surface area contributed by atoms with Gasteiger partial charge in [0.2, 0.25) is 0 Å². The average molecular weight is 303 g/mol. The second-order valence-corrected chi connectivity index (χ2v) is 5.23. The molecule has 0 heterocycles. The van der Waals surface area contributed by atoms with Gasteiger partial charge in [0.1, 0.15) is 5.82 Å². The Labute approximate surface area is 111 Å². The van der Waals surface area contributed by atoms with Gasteiger partial charge in [0.25, 0.3) is 0 Å². The molecule has 0 fully saturated rings. The van der Waals surface area contributed by atoms with Crippen molar-refractivity contribution in [1.82, 2.24) is 10.2 Å². The summed E-state index contributed by atoms with van der Waals surface area (Å²) in [5.74, 6) is -0.192. The summed E-state index contributed by atoms with van der Waals surface area (Å²) in [6, 6.07) is 5.54. The Morgan fingerprint density at radius 3 is 2.71 bits per heavy atom. The summed E-state index contributed by atoms with van der Waals surface area (Å²) < 4.78 is 14.0. The molecule has 0 aliphatic rings. The van der Waals surface area contributed by atoms with Crippen molar-refractivity contribution in [3.63, 3.8) is 0 Å². The first-order chi connectivity index (χ1) is 8.04. The molecule has 0 bridgehead atoms. The maximum Gasteiger partial charge on any atom is 0.137 e. The lowest BCUT2D eigenvalue weighted by Crippen LogP contribution is -2.39. The summed E-state index contributed by atoms with van der Waals surface area (Å²) in [5.41, 5.74) is 1.01. The highest BCUT2D eigenvalue weighted by Crippen LogP contribution is 2.21. The fourth-order valence-electron chi connectivity index (χ4n) is 1.90. The summed E-state index contributed by atoms with van der Waals surface area (Å²) in [4.78, 5) is 2.14. The number of rotatable bonds is 6. The number of hydrogen-bond donors (Lipinski definition) is 1. The first kappa shape index (κ1) is 14.6. The quantitative estimate of drug-likeness (QED) is 0.869. The van der Waals surface area contributed by atoms with Crippen LogP contribution in [-0.4, -0.2) is 38.1 Å². The minimum Gasteiger partial charge on any atom is -0.313 e. The van der Waals surface area contributed by atoms with Gasteiger partial charge in [0.05, 0.1) is 4.47 Å². The van der Waals surface area contributed by atoms with Crippen molar-refractivity contribution in [2.24, 2.45) is 0 Å². The van der Waals surface area contributed by atoms with E-state index in [9.17, 15) is 4.39 Å². The van der Waals surface area contributed by atoms with Crippen LogP contribution in [0.5, 0.6) is 0 Å². The molecule has 96 valence electrons. The van der Waals surface area contributed by atoms with Crippen LogP contribution in [0.3, 0.4) is 0 Å². The molecular weight excluding hydrogens is 283 g/mol. The molecule has 1 aromatic carbocycles. The Balaban J connectivity index is 2.74. The summed E-state index contributed by atoms with van der Waals surface area (Å²) in [5, 5.41) is 3.42. The first-order valence-electron chi connectivity index (χ1n) is 5.85. The van der Waals surface area contributed by atoms with Crippen LogP contribution in [0.25, 0.3) is 0 Å². The summed E-state index contributed by atoms with van der Waals surface area (Å²) >= 11 is 3.31. The van der Waals surface area contributed by atoms with Crippen LogP contribution < -0.4 is 5.32 Å². The number of hydrogen-bond acceptors (Lipinski definition) is 2. The lowest BCUT2D eigenvalue weighted by atomic mass is 10.1. The van der Waals surface area contributed by atoms with Crippen LogP contribution in [0.4, 0.5) is 4.39 Å². The molecule has 1 rings (SSSR count). The molecule has 4 heteroatoms. The van der Waals surface area contributed by atoms with E-state index in [0.717, 1.165) is 25.1 Å². The van der Waals surface area contributed by atoms with E-state index in [1.54, 1.807) is 6.07 Å². The Hall–Kier alpha value is -0.450. The minimum absolute atomic E-state index is 0.192. The molecule has 0 spiro atoms. The minimum atomic E-state index is -0.192. The Kier molecular flexibility index (Phi) is 6.09. The van der Waals surface area contributed by atoms with Gasteiger partial charge in [0, 0.05) is 12.6 Å². The van der Waals surface area contributed by atoms with Gasteiger partial charge in [-0.15, -0.1) is 0 Å². The van der Waals surface area contributed by atoms with E-state index in [-0.39, 0.29) is 5.82 Å². The number of nitrogens with zero attached hydrogens (tertiary/aromatic N) is 1. The largest absolute Gasteiger partial charge is 0.313 e. The molecule has 2 nitrogen and oxygen atoms in total. The van der Waals surface area contributed by atoms with Crippen molar-refractivity contribution in [2.45, 2.75) is 19.4 Å². The highest BCUT2D eigenvalue weighted by molar-refractivity contribution is 9.10. The third-order valence-electron chi connectivity index (χ3n) is 2.58. The third-order valence-corrected chi connectivity index (χ3v) is 3.46. The lowest BCUT2D eigenvalue weighted by Gasteiger charge is -2.22. The van der Waals surface area contributed by atoms with Gasteiger partial charge in [0.15, 0.2) is 0 Å². The van der Waals surface area contributed by atoms with E-state index in [2.05, 4.69) is 33.1 Å². The summed E-state index contributed by atoms with van der Waals surface area (Å²) in [6.07, 6.45) is 0.824. The molecule has 1 unspecified atom stereocenters. The van der Waals surface area contributed by atoms with E-state index in [0.29, 0.717) is 10.5 Å². The molecule has 17 heavy (non-hydrogen) atoms. The van der Waals surface area contributed by atoms with Gasteiger partial charge in [-0.3, -0.25) is 0 Å². The normalized spacial score (nSPS) is 13.1. The highest BCUT2D eigenvalue weighted by Gasteiger charge is 2.13. The van der Waals surface area contributed by atoms with Crippen LogP contribution in [-0.2, 0) is 6.42 Å². The van der Waals surface area contributed by atoms with Gasteiger partial charge < -0.3 is 10.2 Å². The SMILES string of the molecule is CCNC(Cc1cccc(F)c1Br)CN(C)C. The summed E-state index contributed by atoms with van der Waals surface area (Å²) in [6.45, 7) is 3.95. The molecule has 1 aromatic rings. The van der Waals surface area contributed by atoms with Gasteiger partial charge in [-0.1, -0.05) is 19.1 Å². The maximum absolute atomic E-state index is 13.4. The number of likely N-dealkylation sites (N-methyl/N-ethyl adjacent to an activating group) is 2. The third kappa shape index (κ3) is 4.74. The zero-order valence-electron chi connectivity index (χ0n) is 10.6. The number of halogens is 2. The Morgan fingerprint density at radius 1 is 1.41 bits per heavy atom. The van der Waals surface area contributed by atoms with Crippen molar-refractivity contribution in [3.05, 3.63) is 34.1 Å². The highest BCUT2D eigenvalue weighted by atomic mass is 79.9. The monoisotopic (exact) mass is 302 g/mol. The second kappa shape index (κ2) is 7.09. The molecule has 0 saturated heterocycles. The second-order valence-electron chi connectivity index (χ2n) is 4.43. The molecule has 0 aliphatic carbocycles. The molecule has 0 saturated carbocycles. The topological polar surface area (TPSA) is 15.3 Å². The summed E-state index contributed by atoms with van der Waals surface area (Å²) in [7, 11) is 4.09. The van der Waals surface area contributed by atoms with E-state index < -0.39 is 0 Å². The molecule has 0 aromatic heterocycles. The van der Waals surface area contributed by atoms with Crippen molar-refractivity contribution in [2.75, 3.05) is 27.2 Å². The zero-order valence-corrected chi connectivity index (χ0v) is 12.2. The van der Waals surface area contributed by atoms with Gasteiger partial charge >= 0.3 is 0 Å². The lowest BCUT2D eigenvalue weighted by molar-refractivity contribution is 0.338. The predicted octanol–water partition coefficient (Wildman–Crippen LogP) is 2.67. The fourth-order valence-corrected chi connectivity index (χ4v) is 2.33. The molecular formula is C13H20BrFN2. The van der Waals surface area contributed by atoms with Crippen LogP contribution in [0.1, 0.15) is 12.5 Å². The molecule has 0 aliphatic heterocycles. The van der Waals surface area contributed by atoms with Crippen LogP contribution in [0.2, 0.25) is 0 Å². The van der Waals surface area contributed by atoms with Crippen LogP contribution in [0, 0.1) is 5.82 Å². The molecule has 1 N–H and O–H groups in total. The average Bonchev–Trinajstić information content (AvgIpc) is 2.24. The standard InChI is InChI=1S/C13H20BrFN2/c1-4-16-11(9-17(2)3)8-10-6-5-7-12(15)13(10)14/h5-7,11,16H,4,8-9H2,1-3H3. The smallest absolute Gasteiger partial charge is 0.137 e. The van der Waals surface area contributed by atoms with Gasteiger partial charge in [-0.2, -0.15) is 0 Å². The zero-order chi connectivity index (χ0) is 12.8. The van der Waals surface area contributed by atoms with E-state index in [1.807, 2.05) is 20.2 Å². The molecule has 0 amide bonds. The number of benzene rings is 1.